The predicted molar refractivity (Wildman–Crippen MR) is 80.1 cm³/mol. The molecule has 0 fully saturated rings. The fourth-order valence-electron chi connectivity index (χ4n) is 1.61. The van der Waals surface area contributed by atoms with E-state index in [1.165, 1.54) is 0 Å². The average Bonchev–Trinajstić information content (AvgIpc) is 2.35. The van der Waals surface area contributed by atoms with Crippen LogP contribution in [-0.4, -0.2) is 24.9 Å². The first-order valence-electron chi connectivity index (χ1n) is 6.59. The Morgan fingerprint density at radius 1 is 1.10 bits per heavy atom. The third-order valence-electron chi connectivity index (χ3n) is 2.58. The second kappa shape index (κ2) is 7.37. The normalized spacial score (nSPS) is 10.3. The van der Waals surface area contributed by atoms with E-state index in [9.17, 15) is 9.59 Å². The third kappa shape index (κ3) is 5.60. The molecule has 0 bridgehead atoms. The zero-order valence-corrected chi connectivity index (χ0v) is 11.9. The van der Waals surface area contributed by atoms with Crippen molar-refractivity contribution < 1.29 is 9.59 Å². The van der Waals surface area contributed by atoms with Crippen LogP contribution < -0.4 is 22.1 Å². The molecule has 6 nitrogen and oxygen atoms in total. The van der Waals surface area contributed by atoms with Crippen LogP contribution in [0.1, 0.15) is 30.6 Å². The van der Waals surface area contributed by atoms with E-state index in [1.54, 1.807) is 18.2 Å². The summed E-state index contributed by atoms with van der Waals surface area (Å²) in [6.45, 7) is 4.95. The predicted octanol–water partition coefficient (Wildman–Crippen LogP) is 0.743. The van der Waals surface area contributed by atoms with Gasteiger partial charge in [0, 0.05) is 36.4 Å². The minimum atomic E-state index is -0.291. The monoisotopic (exact) mass is 278 g/mol. The van der Waals surface area contributed by atoms with E-state index in [0.717, 1.165) is 0 Å². The Morgan fingerprint density at radius 2 is 1.70 bits per heavy atom. The van der Waals surface area contributed by atoms with E-state index in [0.29, 0.717) is 29.4 Å². The number of amides is 2. The summed E-state index contributed by atoms with van der Waals surface area (Å²) in [7, 11) is 0. The summed E-state index contributed by atoms with van der Waals surface area (Å²) in [4.78, 5) is 23.3. The van der Waals surface area contributed by atoms with E-state index >= 15 is 0 Å². The smallest absolute Gasteiger partial charge is 0.251 e. The lowest BCUT2D eigenvalue weighted by Gasteiger charge is -2.09. The van der Waals surface area contributed by atoms with Crippen molar-refractivity contribution in [2.45, 2.75) is 20.3 Å². The summed E-state index contributed by atoms with van der Waals surface area (Å²) < 4.78 is 0. The Labute approximate surface area is 118 Å². The Bertz CT molecular complexity index is 466. The van der Waals surface area contributed by atoms with Gasteiger partial charge in [-0.15, -0.1) is 0 Å². The molecule has 1 aromatic carbocycles. The molecule has 0 unspecified atom stereocenters. The number of nitrogen functional groups attached to an aromatic ring is 2. The maximum absolute atomic E-state index is 11.8. The molecule has 1 rings (SSSR count). The minimum Gasteiger partial charge on any atom is -0.399 e. The lowest BCUT2D eigenvalue weighted by Crippen LogP contribution is -2.32. The van der Waals surface area contributed by atoms with Crippen LogP contribution >= 0.6 is 0 Å². The van der Waals surface area contributed by atoms with Gasteiger partial charge in [0.05, 0.1) is 0 Å². The van der Waals surface area contributed by atoms with E-state index in [4.69, 9.17) is 11.5 Å². The van der Waals surface area contributed by atoms with Crippen molar-refractivity contribution in [2.75, 3.05) is 24.6 Å². The van der Waals surface area contributed by atoms with Crippen LogP contribution in [0, 0.1) is 5.92 Å². The van der Waals surface area contributed by atoms with E-state index in [1.807, 2.05) is 13.8 Å². The summed E-state index contributed by atoms with van der Waals surface area (Å²) in [5, 5.41) is 5.44. The molecule has 1 aromatic rings. The van der Waals surface area contributed by atoms with Crippen molar-refractivity contribution in [2.24, 2.45) is 5.92 Å². The fourth-order valence-corrected chi connectivity index (χ4v) is 1.61. The van der Waals surface area contributed by atoms with Crippen LogP contribution in [0.5, 0.6) is 0 Å². The third-order valence-corrected chi connectivity index (χ3v) is 2.58. The topological polar surface area (TPSA) is 110 Å². The van der Waals surface area contributed by atoms with Crippen molar-refractivity contribution in [3.8, 4) is 0 Å². The number of nitrogens with two attached hydrogens (primary N) is 2. The highest BCUT2D eigenvalue weighted by Gasteiger charge is 2.08. The minimum absolute atomic E-state index is 0.0777. The van der Waals surface area contributed by atoms with Gasteiger partial charge in [0.25, 0.3) is 5.91 Å². The number of nitrogens with one attached hydrogen (secondary N) is 2. The first kappa shape index (κ1) is 15.8. The van der Waals surface area contributed by atoms with Gasteiger partial charge in [-0.05, 0) is 24.1 Å². The number of carbonyl (C=O) groups excluding carboxylic acids is 2. The Kier molecular flexibility index (Phi) is 5.83. The van der Waals surface area contributed by atoms with Gasteiger partial charge in [-0.2, -0.15) is 0 Å². The van der Waals surface area contributed by atoms with E-state index in [-0.39, 0.29) is 24.8 Å². The molecular formula is C14H22N4O2. The van der Waals surface area contributed by atoms with Crippen molar-refractivity contribution in [1.82, 2.24) is 10.6 Å². The zero-order chi connectivity index (χ0) is 15.1. The lowest BCUT2D eigenvalue weighted by atomic mass is 10.1. The molecule has 6 N–H and O–H groups in total. The molecule has 2 amide bonds. The highest BCUT2D eigenvalue weighted by atomic mass is 16.2. The summed E-state index contributed by atoms with van der Waals surface area (Å²) in [6, 6.07) is 4.67. The molecule has 0 spiro atoms. The summed E-state index contributed by atoms with van der Waals surface area (Å²) in [5.74, 6) is 0.0376. The van der Waals surface area contributed by atoms with Crippen LogP contribution in [0.15, 0.2) is 18.2 Å². The molecule has 0 saturated heterocycles. The highest BCUT2D eigenvalue weighted by molar-refractivity contribution is 5.96. The molecule has 0 aliphatic carbocycles. The van der Waals surface area contributed by atoms with Gasteiger partial charge in [-0.1, -0.05) is 13.8 Å². The van der Waals surface area contributed by atoms with Gasteiger partial charge >= 0.3 is 0 Å². The molecule has 0 saturated carbocycles. The number of rotatable bonds is 6. The van der Waals surface area contributed by atoms with Crippen LogP contribution in [0.3, 0.4) is 0 Å². The van der Waals surface area contributed by atoms with Gasteiger partial charge in [0.2, 0.25) is 5.91 Å². The Balaban J connectivity index is 2.38. The molecule has 0 aliphatic rings. The van der Waals surface area contributed by atoms with E-state index in [2.05, 4.69) is 10.6 Å². The molecule has 6 heteroatoms. The molecule has 0 aliphatic heterocycles. The maximum Gasteiger partial charge on any atom is 0.251 e. The standard InChI is InChI=1S/C14H22N4O2/c1-9(2)8-18-13(19)3-4-17-14(20)10-5-11(15)7-12(16)6-10/h5-7,9H,3-4,8,15-16H2,1-2H3,(H,17,20)(H,18,19). The van der Waals surface area contributed by atoms with Gasteiger partial charge in [-0.25, -0.2) is 0 Å². The zero-order valence-electron chi connectivity index (χ0n) is 11.9. The first-order valence-corrected chi connectivity index (χ1v) is 6.59. The quantitative estimate of drug-likeness (QED) is 0.575. The Morgan fingerprint density at radius 3 is 2.25 bits per heavy atom. The second-order valence-corrected chi connectivity index (χ2v) is 5.09. The van der Waals surface area contributed by atoms with Crippen LogP contribution in [0.4, 0.5) is 11.4 Å². The van der Waals surface area contributed by atoms with Gasteiger partial charge < -0.3 is 22.1 Å². The van der Waals surface area contributed by atoms with Gasteiger partial charge in [-0.3, -0.25) is 9.59 Å². The Hall–Kier alpha value is -2.24. The molecule has 0 atom stereocenters. The average molecular weight is 278 g/mol. The maximum atomic E-state index is 11.8. The van der Waals surface area contributed by atoms with Gasteiger partial charge in [0.1, 0.15) is 0 Å². The summed E-state index contributed by atoms with van der Waals surface area (Å²) >= 11 is 0. The number of anilines is 2. The first-order chi connectivity index (χ1) is 9.38. The fraction of sp³-hybridized carbons (Fsp3) is 0.429. The number of hydrogen-bond donors (Lipinski definition) is 4. The number of hydrogen-bond acceptors (Lipinski definition) is 4. The van der Waals surface area contributed by atoms with Crippen molar-refractivity contribution in [3.05, 3.63) is 23.8 Å². The van der Waals surface area contributed by atoms with E-state index < -0.39 is 0 Å². The molecule has 110 valence electrons. The van der Waals surface area contributed by atoms with Crippen molar-refractivity contribution >= 4 is 23.2 Å². The molecule has 0 heterocycles. The molecule has 20 heavy (non-hydrogen) atoms. The van der Waals surface area contributed by atoms with Gasteiger partial charge in [0.15, 0.2) is 0 Å². The number of benzene rings is 1. The molecular weight excluding hydrogens is 256 g/mol. The van der Waals surface area contributed by atoms with Crippen LogP contribution in [-0.2, 0) is 4.79 Å². The molecule has 0 aromatic heterocycles. The SMILES string of the molecule is CC(C)CNC(=O)CCNC(=O)c1cc(N)cc(N)c1. The lowest BCUT2D eigenvalue weighted by molar-refractivity contribution is -0.121. The summed E-state index contributed by atoms with van der Waals surface area (Å²) in [6.07, 6.45) is 0.246. The highest BCUT2D eigenvalue weighted by Crippen LogP contribution is 2.13. The van der Waals surface area contributed by atoms with Crippen molar-refractivity contribution in [3.63, 3.8) is 0 Å². The largest absolute Gasteiger partial charge is 0.399 e. The van der Waals surface area contributed by atoms with Crippen molar-refractivity contribution in [1.29, 1.82) is 0 Å². The number of carbonyl (C=O) groups is 2. The molecule has 0 radical (unpaired) electrons. The summed E-state index contributed by atoms with van der Waals surface area (Å²) in [5.41, 5.74) is 12.5. The van der Waals surface area contributed by atoms with Crippen LogP contribution in [0.2, 0.25) is 0 Å². The van der Waals surface area contributed by atoms with Crippen LogP contribution in [0.25, 0.3) is 0 Å². The second-order valence-electron chi connectivity index (χ2n) is 5.09.